The summed E-state index contributed by atoms with van der Waals surface area (Å²) < 4.78 is 28.4. The lowest BCUT2D eigenvalue weighted by atomic mass is 10.1. The Bertz CT molecular complexity index is 831. The number of nitrogens with zero attached hydrogens (tertiary/aromatic N) is 2. The van der Waals surface area contributed by atoms with Crippen molar-refractivity contribution in [2.24, 2.45) is 0 Å². The number of benzene rings is 1. The summed E-state index contributed by atoms with van der Waals surface area (Å²) in [6, 6.07) is 11.7. The lowest BCUT2D eigenvalue weighted by molar-refractivity contribution is 0.201. The van der Waals surface area contributed by atoms with Crippen molar-refractivity contribution in [3.63, 3.8) is 0 Å². The van der Waals surface area contributed by atoms with Crippen molar-refractivity contribution in [1.29, 1.82) is 5.26 Å². The van der Waals surface area contributed by atoms with Crippen LogP contribution in [0.1, 0.15) is 23.7 Å². The Balaban J connectivity index is 2.22. The standard InChI is InChI=1S/C16H19N3O3S/c1-4-19-12(2)9-15(10-17)16(19)14-7-5-13(6-8-14)11-18-22-23(3,20)21/h5-9,18H,4,11H2,1-3H3. The molecule has 0 fully saturated rings. The fourth-order valence-electron chi connectivity index (χ4n) is 2.48. The second-order valence-corrected chi connectivity index (χ2v) is 6.78. The molecule has 2 rings (SSSR count). The quantitative estimate of drug-likeness (QED) is 0.820. The average molecular weight is 333 g/mol. The van der Waals surface area contributed by atoms with Gasteiger partial charge in [-0.3, -0.25) is 0 Å². The van der Waals surface area contributed by atoms with E-state index in [0.29, 0.717) is 5.56 Å². The number of aromatic nitrogens is 1. The van der Waals surface area contributed by atoms with Gasteiger partial charge in [-0.1, -0.05) is 24.3 Å². The number of nitrogens with one attached hydrogen (secondary N) is 1. The Morgan fingerprint density at radius 3 is 2.48 bits per heavy atom. The first kappa shape index (κ1) is 17.2. The Morgan fingerprint density at radius 1 is 1.30 bits per heavy atom. The van der Waals surface area contributed by atoms with Gasteiger partial charge in [-0.15, -0.1) is 0 Å². The highest BCUT2D eigenvalue weighted by Crippen LogP contribution is 2.27. The van der Waals surface area contributed by atoms with Gasteiger partial charge in [-0.25, -0.2) is 0 Å². The molecular formula is C16H19N3O3S. The minimum atomic E-state index is -3.51. The number of hydroxylamine groups is 1. The second-order valence-electron chi connectivity index (χ2n) is 5.21. The van der Waals surface area contributed by atoms with E-state index in [-0.39, 0.29) is 6.54 Å². The minimum absolute atomic E-state index is 0.270. The Kier molecular flexibility index (Phi) is 5.21. The van der Waals surface area contributed by atoms with Crippen molar-refractivity contribution >= 4 is 10.1 Å². The molecule has 0 spiro atoms. The van der Waals surface area contributed by atoms with Crippen molar-refractivity contribution in [3.05, 3.63) is 47.2 Å². The number of aryl methyl sites for hydroxylation is 1. The monoisotopic (exact) mass is 333 g/mol. The van der Waals surface area contributed by atoms with E-state index in [1.54, 1.807) is 0 Å². The summed E-state index contributed by atoms with van der Waals surface area (Å²) in [5, 5.41) is 9.31. The topological polar surface area (TPSA) is 84.1 Å². The molecule has 0 saturated heterocycles. The Morgan fingerprint density at radius 2 is 1.96 bits per heavy atom. The van der Waals surface area contributed by atoms with E-state index in [1.807, 2.05) is 44.2 Å². The number of hydrogen-bond donors (Lipinski definition) is 1. The normalized spacial score (nSPS) is 11.4. The molecule has 122 valence electrons. The van der Waals surface area contributed by atoms with Crippen molar-refractivity contribution in [2.45, 2.75) is 26.9 Å². The fraction of sp³-hybridized carbons (Fsp3) is 0.312. The summed E-state index contributed by atoms with van der Waals surface area (Å²) in [7, 11) is -3.51. The van der Waals surface area contributed by atoms with E-state index in [0.717, 1.165) is 35.3 Å². The molecule has 0 radical (unpaired) electrons. The summed E-state index contributed by atoms with van der Waals surface area (Å²) in [6.07, 6.45) is 0.980. The van der Waals surface area contributed by atoms with Crippen LogP contribution in [0.2, 0.25) is 0 Å². The highest BCUT2D eigenvalue weighted by molar-refractivity contribution is 7.85. The predicted octanol–water partition coefficient (Wildman–Crippen LogP) is 2.34. The molecule has 0 aliphatic heterocycles. The van der Waals surface area contributed by atoms with Crippen molar-refractivity contribution in [3.8, 4) is 17.3 Å². The first-order valence-corrected chi connectivity index (χ1v) is 8.98. The van der Waals surface area contributed by atoms with E-state index in [9.17, 15) is 13.7 Å². The molecule has 1 N–H and O–H groups in total. The molecule has 1 aromatic heterocycles. The summed E-state index contributed by atoms with van der Waals surface area (Å²) in [5.41, 5.74) is 6.83. The number of nitriles is 1. The van der Waals surface area contributed by atoms with Gasteiger partial charge in [0.25, 0.3) is 10.1 Å². The number of hydrogen-bond acceptors (Lipinski definition) is 5. The highest BCUT2D eigenvalue weighted by Gasteiger charge is 2.13. The van der Waals surface area contributed by atoms with Crippen molar-refractivity contribution < 1.29 is 12.7 Å². The predicted molar refractivity (Wildman–Crippen MR) is 87.8 cm³/mol. The summed E-state index contributed by atoms with van der Waals surface area (Å²) in [5.74, 6) is 0. The first-order valence-electron chi connectivity index (χ1n) is 7.16. The third kappa shape index (κ3) is 4.20. The fourth-order valence-corrected chi connectivity index (χ4v) is 2.75. The molecule has 1 aromatic carbocycles. The molecule has 0 aliphatic rings. The van der Waals surface area contributed by atoms with Gasteiger partial charge < -0.3 is 4.57 Å². The lowest BCUT2D eigenvalue weighted by Gasteiger charge is -2.10. The molecule has 0 atom stereocenters. The van der Waals surface area contributed by atoms with Gasteiger partial charge in [0.15, 0.2) is 0 Å². The second kappa shape index (κ2) is 6.96. The summed E-state index contributed by atoms with van der Waals surface area (Å²) in [4.78, 5) is 0. The average Bonchev–Trinajstić information content (AvgIpc) is 2.82. The van der Waals surface area contributed by atoms with E-state index in [2.05, 4.69) is 20.4 Å². The molecule has 0 aliphatic carbocycles. The number of rotatable bonds is 6. The minimum Gasteiger partial charge on any atom is -0.344 e. The van der Waals surface area contributed by atoms with Crippen LogP contribution in [0.25, 0.3) is 11.3 Å². The van der Waals surface area contributed by atoms with Crippen LogP contribution in [0.15, 0.2) is 30.3 Å². The maximum atomic E-state index is 10.9. The van der Waals surface area contributed by atoms with Crippen LogP contribution in [0.4, 0.5) is 0 Å². The lowest BCUT2D eigenvalue weighted by Crippen LogP contribution is -2.18. The molecular weight excluding hydrogens is 314 g/mol. The van der Waals surface area contributed by atoms with E-state index in [4.69, 9.17) is 0 Å². The SMILES string of the molecule is CCn1c(C)cc(C#N)c1-c1ccc(CNOS(C)(=O)=O)cc1. The third-order valence-electron chi connectivity index (χ3n) is 3.45. The molecule has 0 saturated carbocycles. The van der Waals surface area contributed by atoms with Crippen LogP contribution in [0.3, 0.4) is 0 Å². The maximum Gasteiger partial charge on any atom is 0.280 e. The van der Waals surface area contributed by atoms with E-state index in [1.165, 1.54) is 0 Å². The van der Waals surface area contributed by atoms with Crippen molar-refractivity contribution in [2.75, 3.05) is 6.26 Å². The molecule has 7 heteroatoms. The first-order chi connectivity index (χ1) is 10.9. The summed E-state index contributed by atoms with van der Waals surface area (Å²) in [6.45, 7) is 5.08. The Hall–Kier alpha value is -2.14. The molecule has 23 heavy (non-hydrogen) atoms. The largest absolute Gasteiger partial charge is 0.344 e. The van der Waals surface area contributed by atoms with E-state index >= 15 is 0 Å². The van der Waals surface area contributed by atoms with Crippen molar-refractivity contribution in [1.82, 2.24) is 10.0 Å². The summed E-state index contributed by atoms with van der Waals surface area (Å²) >= 11 is 0. The van der Waals surface area contributed by atoms with Crippen LogP contribution < -0.4 is 5.48 Å². The van der Waals surface area contributed by atoms with Crippen LogP contribution in [0.5, 0.6) is 0 Å². The zero-order valence-electron chi connectivity index (χ0n) is 13.3. The van der Waals surface area contributed by atoms with Crippen LogP contribution in [-0.4, -0.2) is 19.2 Å². The van der Waals surface area contributed by atoms with Gasteiger partial charge in [-0.2, -0.15) is 23.4 Å². The zero-order valence-corrected chi connectivity index (χ0v) is 14.1. The molecule has 6 nitrogen and oxygen atoms in total. The molecule has 0 amide bonds. The van der Waals surface area contributed by atoms with Gasteiger partial charge >= 0.3 is 0 Å². The zero-order chi connectivity index (χ0) is 17.0. The highest BCUT2D eigenvalue weighted by atomic mass is 32.2. The molecule has 1 heterocycles. The van der Waals surface area contributed by atoms with Crippen LogP contribution in [-0.2, 0) is 27.5 Å². The molecule has 0 unspecified atom stereocenters. The van der Waals surface area contributed by atoms with Gasteiger partial charge in [0.2, 0.25) is 0 Å². The van der Waals surface area contributed by atoms with E-state index < -0.39 is 10.1 Å². The van der Waals surface area contributed by atoms with Gasteiger partial charge in [0.05, 0.1) is 17.5 Å². The Labute approximate surface area is 136 Å². The molecule has 2 aromatic rings. The maximum absolute atomic E-state index is 10.9. The molecule has 0 bridgehead atoms. The van der Waals surface area contributed by atoms with Gasteiger partial charge in [0.1, 0.15) is 6.07 Å². The van der Waals surface area contributed by atoms with Crippen LogP contribution in [0, 0.1) is 18.3 Å². The van der Waals surface area contributed by atoms with Gasteiger partial charge in [-0.05, 0) is 31.0 Å². The third-order valence-corrected chi connectivity index (χ3v) is 3.88. The van der Waals surface area contributed by atoms with Gasteiger partial charge in [0, 0.05) is 18.8 Å². The van der Waals surface area contributed by atoms with Crippen LogP contribution >= 0.6 is 0 Å². The smallest absolute Gasteiger partial charge is 0.280 e.